The molecule has 2 aromatic rings. The number of benzene rings is 2. The van der Waals surface area contributed by atoms with Crippen molar-refractivity contribution in [1.29, 1.82) is 0 Å². The van der Waals surface area contributed by atoms with Gasteiger partial charge in [-0.05, 0) is 54.0 Å². The molecule has 0 aliphatic carbocycles. The molecule has 0 spiro atoms. The first-order valence-electron chi connectivity index (χ1n) is 14.1. The van der Waals surface area contributed by atoms with E-state index in [1.165, 1.54) is 12.1 Å². The number of nitrogens with zero attached hydrogens (tertiary/aromatic N) is 2. The number of urea groups is 1. The summed E-state index contributed by atoms with van der Waals surface area (Å²) in [5, 5.41) is 3.22. The average molecular weight is 611 g/mol. The van der Waals surface area contributed by atoms with Crippen LogP contribution in [0.25, 0.3) is 0 Å². The van der Waals surface area contributed by atoms with E-state index in [2.05, 4.69) is 10.2 Å². The van der Waals surface area contributed by atoms with Gasteiger partial charge in [0.15, 0.2) is 0 Å². The fourth-order valence-electron chi connectivity index (χ4n) is 5.27. The van der Waals surface area contributed by atoms with Crippen molar-refractivity contribution in [2.45, 2.75) is 69.4 Å². The molecule has 1 aliphatic heterocycles. The average Bonchev–Trinajstić information content (AvgIpc) is 2.92. The van der Waals surface area contributed by atoms with Gasteiger partial charge in [0.2, 0.25) is 5.91 Å². The third-order valence-electron chi connectivity index (χ3n) is 7.90. The van der Waals surface area contributed by atoms with Crippen molar-refractivity contribution in [3.05, 3.63) is 65.7 Å². The third kappa shape index (κ3) is 8.25. The summed E-state index contributed by atoms with van der Waals surface area (Å²) in [6.45, 7) is 10.1. The first-order valence-corrected chi connectivity index (χ1v) is 15.6. The van der Waals surface area contributed by atoms with Crippen molar-refractivity contribution in [2.75, 3.05) is 26.2 Å². The lowest BCUT2D eigenvalue weighted by Gasteiger charge is -2.40. The zero-order valence-electron chi connectivity index (χ0n) is 24.5. The van der Waals surface area contributed by atoms with Crippen molar-refractivity contribution >= 4 is 21.8 Å². The van der Waals surface area contributed by atoms with Gasteiger partial charge >= 0.3 is 11.5 Å². The molecular weight excluding hydrogens is 569 g/mol. The summed E-state index contributed by atoms with van der Waals surface area (Å²) < 4.78 is 63.3. The van der Waals surface area contributed by atoms with E-state index < -0.39 is 32.3 Å². The third-order valence-corrected chi connectivity index (χ3v) is 9.40. The van der Waals surface area contributed by atoms with Gasteiger partial charge in [0.1, 0.15) is 0 Å². The number of piperidine rings is 1. The number of hydrogen-bond donors (Lipinski definition) is 2. The van der Waals surface area contributed by atoms with Crippen LogP contribution >= 0.6 is 0 Å². The van der Waals surface area contributed by atoms with E-state index in [9.17, 15) is 31.2 Å². The van der Waals surface area contributed by atoms with Crippen LogP contribution in [0, 0.1) is 11.3 Å². The van der Waals surface area contributed by atoms with Crippen molar-refractivity contribution in [3.63, 3.8) is 0 Å². The number of likely N-dealkylation sites (tertiary alicyclic amines) is 1. The van der Waals surface area contributed by atoms with E-state index in [0.29, 0.717) is 51.0 Å². The maximum Gasteiger partial charge on any atom is 0.501 e. The molecule has 1 saturated heterocycles. The molecule has 12 heteroatoms. The number of likely N-dealkylation sites (N-methyl/N-ethyl adjacent to an activating group) is 1. The maximum atomic E-state index is 13.2. The minimum absolute atomic E-state index is 0.0820. The normalized spacial score (nSPS) is 16.7. The summed E-state index contributed by atoms with van der Waals surface area (Å²) in [5.74, 6) is 0.0635. The molecule has 1 fully saturated rings. The number of nitrogens with two attached hydrogens (primary N) is 1. The van der Waals surface area contributed by atoms with Gasteiger partial charge in [0.05, 0.1) is 10.9 Å². The number of sulfone groups is 1. The first kappa shape index (κ1) is 33.4. The Bertz CT molecular complexity index is 1300. The van der Waals surface area contributed by atoms with Crippen LogP contribution < -0.4 is 11.1 Å². The number of carbonyl (C=O) groups excluding carboxylic acids is 2. The molecule has 0 saturated carbocycles. The molecule has 8 nitrogen and oxygen atoms in total. The van der Waals surface area contributed by atoms with Gasteiger partial charge in [-0.15, -0.1) is 0 Å². The van der Waals surface area contributed by atoms with Crippen LogP contribution in [0.2, 0.25) is 0 Å². The number of carbonyl (C=O) groups is 2. The Morgan fingerprint density at radius 2 is 1.55 bits per heavy atom. The number of hydrogen-bond acceptors (Lipinski definition) is 5. The lowest BCUT2D eigenvalue weighted by atomic mass is 9.85. The van der Waals surface area contributed by atoms with Gasteiger partial charge in [-0.2, -0.15) is 13.2 Å². The fourth-order valence-corrected chi connectivity index (χ4v) is 6.03. The lowest BCUT2D eigenvalue weighted by Crippen LogP contribution is -2.52. The monoisotopic (exact) mass is 610 g/mol. The van der Waals surface area contributed by atoms with Gasteiger partial charge in [-0.25, -0.2) is 13.2 Å². The molecule has 0 bridgehead atoms. The quantitative estimate of drug-likeness (QED) is 0.389. The molecule has 0 aromatic heterocycles. The Balaban J connectivity index is 1.84. The molecule has 1 unspecified atom stereocenters. The predicted molar refractivity (Wildman–Crippen MR) is 155 cm³/mol. The summed E-state index contributed by atoms with van der Waals surface area (Å²) in [6.07, 6.45) is 1.74. The molecule has 2 aromatic carbocycles. The Hall–Kier alpha value is -3.12. The van der Waals surface area contributed by atoms with Crippen molar-refractivity contribution < 1.29 is 31.2 Å². The van der Waals surface area contributed by atoms with Crippen molar-refractivity contribution in [2.24, 2.45) is 17.1 Å². The number of halogens is 3. The molecular formula is C30H41F3N4O4S. The molecule has 1 aliphatic rings. The van der Waals surface area contributed by atoms with E-state index in [1.54, 1.807) is 4.90 Å². The minimum atomic E-state index is -5.47. The molecule has 2 atom stereocenters. The molecule has 3 N–H and O–H groups in total. The van der Waals surface area contributed by atoms with Crippen LogP contribution in [0.5, 0.6) is 0 Å². The van der Waals surface area contributed by atoms with E-state index in [-0.39, 0.29) is 23.3 Å². The van der Waals surface area contributed by atoms with Gasteiger partial charge in [0, 0.05) is 32.1 Å². The van der Waals surface area contributed by atoms with Gasteiger partial charge in [-0.1, -0.05) is 70.2 Å². The van der Waals surface area contributed by atoms with Crippen LogP contribution in [0.1, 0.15) is 64.1 Å². The zero-order valence-corrected chi connectivity index (χ0v) is 25.3. The molecule has 0 radical (unpaired) electrons. The SMILES string of the molecule is CCN(C[C@@H](NC(=O)CC1CCN(C(N)=O)CC1)C(C)(C)C)C(c1ccccc1)c1ccc(S(=O)(=O)C(F)(F)F)cc1. The topological polar surface area (TPSA) is 113 Å². The molecule has 232 valence electrons. The number of nitrogens with one attached hydrogen (secondary N) is 1. The summed E-state index contributed by atoms with van der Waals surface area (Å²) in [6, 6.07) is 13.1. The van der Waals surface area contributed by atoms with Gasteiger partial charge < -0.3 is 16.0 Å². The first-order chi connectivity index (χ1) is 19.5. The number of rotatable bonds is 10. The molecule has 3 rings (SSSR count). The lowest BCUT2D eigenvalue weighted by molar-refractivity contribution is -0.124. The molecule has 3 amide bonds. The van der Waals surface area contributed by atoms with Crippen LogP contribution in [0.4, 0.5) is 18.0 Å². The summed E-state index contributed by atoms with van der Waals surface area (Å²) in [7, 11) is -5.47. The van der Waals surface area contributed by atoms with Crippen molar-refractivity contribution in [1.82, 2.24) is 15.1 Å². The second-order valence-electron chi connectivity index (χ2n) is 11.9. The van der Waals surface area contributed by atoms with E-state index >= 15 is 0 Å². The number of amides is 3. The van der Waals surface area contributed by atoms with Crippen LogP contribution in [-0.2, 0) is 14.6 Å². The van der Waals surface area contributed by atoms with Crippen LogP contribution in [0.15, 0.2) is 59.5 Å². The predicted octanol–water partition coefficient (Wildman–Crippen LogP) is 5.10. The number of primary amides is 1. The highest BCUT2D eigenvalue weighted by Crippen LogP contribution is 2.34. The van der Waals surface area contributed by atoms with E-state index in [1.807, 2.05) is 58.0 Å². The summed E-state index contributed by atoms with van der Waals surface area (Å²) >= 11 is 0. The summed E-state index contributed by atoms with van der Waals surface area (Å²) in [4.78, 5) is 27.5. The Morgan fingerprint density at radius 3 is 2.02 bits per heavy atom. The standard InChI is InChI=1S/C30H41F3N4O4S/c1-5-36(20-25(29(2,3)4)35-26(38)19-21-15-17-37(18-16-21)28(34)39)27(22-9-7-6-8-10-22)23-11-13-24(14-12-23)42(40,41)30(31,32)33/h6-14,21,25,27H,5,15-20H2,1-4H3,(H2,34,39)(H,35,38)/t25-,27?/m1/s1. The Morgan fingerprint density at radius 1 is 1.00 bits per heavy atom. The van der Waals surface area contributed by atoms with Crippen molar-refractivity contribution in [3.8, 4) is 0 Å². The highest BCUT2D eigenvalue weighted by atomic mass is 32.2. The van der Waals surface area contributed by atoms with Gasteiger partial charge in [-0.3, -0.25) is 9.69 Å². The fraction of sp³-hybridized carbons (Fsp3) is 0.533. The highest BCUT2D eigenvalue weighted by Gasteiger charge is 2.47. The van der Waals surface area contributed by atoms with Crippen LogP contribution in [-0.4, -0.2) is 67.9 Å². The minimum Gasteiger partial charge on any atom is -0.352 e. The second-order valence-corrected chi connectivity index (χ2v) is 13.8. The van der Waals surface area contributed by atoms with E-state index in [4.69, 9.17) is 5.73 Å². The Labute approximate surface area is 246 Å². The van der Waals surface area contributed by atoms with E-state index in [0.717, 1.165) is 17.7 Å². The second kappa shape index (κ2) is 13.5. The largest absolute Gasteiger partial charge is 0.501 e. The maximum absolute atomic E-state index is 13.2. The molecule has 42 heavy (non-hydrogen) atoms. The smallest absolute Gasteiger partial charge is 0.352 e. The van der Waals surface area contributed by atoms with Crippen LogP contribution in [0.3, 0.4) is 0 Å². The highest BCUT2D eigenvalue weighted by molar-refractivity contribution is 7.92. The van der Waals surface area contributed by atoms with Gasteiger partial charge in [0.25, 0.3) is 9.84 Å². The summed E-state index contributed by atoms with van der Waals surface area (Å²) in [5.41, 5.74) is 1.16. The Kier molecular flexibility index (Phi) is 10.7. The number of alkyl halides is 3. The zero-order chi connectivity index (χ0) is 31.3. The molecule has 1 heterocycles.